The van der Waals surface area contributed by atoms with E-state index in [0.29, 0.717) is 12.5 Å². The molecule has 118 valence electrons. The summed E-state index contributed by atoms with van der Waals surface area (Å²) in [5.41, 5.74) is 2.02. The molecule has 1 heterocycles. The van der Waals surface area contributed by atoms with Gasteiger partial charge < -0.3 is 10.6 Å². The molecule has 0 bridgehead atoms. The lowest BCUT2D eigenvalue weighted by atomic mass is 9.98. The smallest absolute Gasteiger partial charge is 0.238 e. The molecule has 1 unspecified atom stereocenters. The number of likely N-dealkylation sites (tertiary alicyclic amines) is 1. The minimum Gasteiger partial charge on any atom is -0.325 e. The Morgan fingerprint density at radius 3 is 2.86 bits per heavy atom. The Morgan fingerprint density at radius 2 is 2.14 bits per heavy atom. The van der Waals surface area contributed by atoms with Gasteiger partial charge in [-0.3, -0.25) is 9.69 Å². The Hall–Kier alpha value is -1.10. The number of aryl methyl sites for hydroxylation is 1. The highest BCUT2D eigenvalue weighted by Gasteiger charge is 2.21. The highest BCUT2D eigenvalue weighted by molar-refractivity contribution is 5.92. The fourth-order valence-corrected chi connectivity index (χ4v) is 2.86. The fraction of sp³-hybridized carbons (Fsp3) is 0.562. The van der Waals surface area contributed by atoms with E-state index in [1.807, 2.05) is 38.2 Å². The number of piperidine rings is 1. The minimum atomic E-state index is 0. The van der Waals surface area contributed by atoms with E-state index in [2.05, 4.69) is 15.5 Å². The van der Waals surface area contributed by atoms with E-state index in [0.717, 1.165) is 30.9 Å². The molecule has 0 aromatic heterocycles. The molecule has 21 heavy (non-hydrogen) atoms. The highest BCUT2D eigenvalue weighted by Crippen LogP contribution is 2.16. The molecule has 1 aromatic carbocycles. The maximum atomic E-state index is 12.1. The minimum absolute atomic E-state index is 0. The quantitative estimate of drug-likeness (QED) is 0.877. The maximum absolute atomic E-state index is 12.1. The lowest BCUT2D eigenvalue weighted by Gasteiger charge is -2.32. The van der Waals surface area contributed by atoms with Crippen molar-refractivity contribution in [1.82, 2.24) is 10.2 Å². The Bertz CT molecular complexity index is 451. The molecule has 2 rings (SSSR count). The number of nitrogens with zero attached hydrogens (tertiary/aromatic N) is 1. The van der Waals surface area contributed by atoms with Crippen LogP contribution < -0.4 is 10.6 Å². The molecule has 1 aliphatic rings. The van der Waals surface area contributed by atoms with Crippen molar-refractivity contribution < 1.29 is 4.79 Å². The number of amides is 1. The summed E-state index contributed by atoms with van der Waals surface area (Å²) < 4.78 is 0. The van der Waals surface area contributed by atoms with Crippen LogP contribution >= 0.6 is 12.4 Å². The average Bonchev–Trinajstić information content (AvgIpc) is 2.42. The van der Waals surface area contributed by atoms with Crippen molar-refractivity contribution in [3.05, 3.63) is 29.8 Å². The standard InChI is InChI=1S/C16H25N3O.ClH/c1-13-6-3-4-8-15(13)18-16(20)12-19-9-5-7-14(11-19)10-17-2;/h3-4,6,8,14,17H,5,7,9-12H2,1-2H3,(H,18,20);1H. The van der Waals surface area contributed by atoms with Crippen LogP contribution in [0.2, 0.25) is 0 Å². The molecular weight excluding hydrogens is 286 g/mol. The van der Waals surface area contributed by atoms with Crippen LogP contribution in [0.1, 0.15) is 18.4 Å². The summed E-state index contributed by atoms with van der Waals surface area (Å²) >= 11 is 0. The van der Waals surface area contributed by atoms with Gasteiger partial charge in [-0.1, -0.05) is 18.2 Å². The highest BCUT2D eigenvalue weighted by atomic mass is 35.5. The van der Waals surface area contributed by atoms with Crippen molar-refractivity contribution in [2.24, 2.45) is 5.92 Å². The zero-order valence-corrected chi connectivity index (χ0v) is 13.7. The van der Waals surface area contributed by atoms with E-state index in [1.54, 1.807) is 0 Å². The van der Waals surface area contributed by atoms with Gasteiger partial charge in [0.1, 0.15) is 0 Å². The number of rotatable bonds is 5. The Kier molecular flexibility index (Phi) is 7.72. The van der Waals surface area contributed by atoms with Gasteiger partial charge >= 0.3 is 0 Å². The van der Waals surface area contributed by atoms with Gasteiger partial charge in [-0.2, -0.15) is 0 Å². The Balaban J connectivity index is 0.00000220. The van der Waals surface area contributed by atoms with E-state index in [1.165, 1.54) is 12.8 Å². The zero-order chi connectivity index (χ0) is 14.4. The summed E-state index contributed by atoms with van der Waals surface area (Å²) in [5.74, 6) is 0.754. The molecule has 1 atom stereocenters. The molecular formula is C16H26ClN3O. The molecule has 4 nitrogen and oxygen atoms in total. The van der Waals surface area contributed by atoms with Gasteiger partial charge in [0.15, 0.2) is 0 Å². The third-order valence-corrected chi connectivity index (χ3v) is 3.88. The first kappa shape index (κ1) is 18.0. The van der Waals surface area contributed by atoms with Gasteiger partial charge in [0, 0.05) is 12.2 Å². The van der Waals surface area contributed by atoms with E-state index in [4.69, 9.17) is 0 Å². The van der Waals surface area contributed by atoms with Gasteiger partial charge in [-0.05, 0) is 57.5 Å². The molecule has 0 aliphatic carbocycles. The largest absolute Gasteiger partial charge is 0.325 e. The van der Waals surface area contributed by atoms with Gasteiger partial charge in [-0.15, -0.1) is 12.4 Å². The molecule has 0 radical (unpaired) electrons. The van der Waals surface area contributed by atoms with Gasteiger partial charge in [0.2, 0.25) is 5.91 Å². The van der Waals surface area contributed by atoms with Crippen LogP contribution in [-0.4, -0.2) is 44.0 Å². The molecule has 1 saturated heterocycles. The Morgan fingerprint density at radius 1 is 1.38 bits per heavy atom. The number of halogens is 1. The summed E-state index contributed by atoms with van der Waals surface area (Å²) in [7, 11) is 1.99. The van der Waals surface area contributed by atoms with Crippen molar-refractivity contribution in [3.63, 3.8) is 0 Å². The summed E-state index contributed by atoms with van der Waals surface area (Å²) in [4.78, 5) is 14.4. The first-order valence-corrected chi connectivity index (χ1v) is 7.41. The second-order valence-corrected chi connectivity index (χ2v) is 5.66. The summed E-state index contributed by atoms with van der Waals surface area (Å²) in [5, 5.41) is 6.24. The summed E-state index contributed by atoms with van der Waals surface area (Å²) in [6.07, 6.45) is 2.45. The van der Waals surface area contributed by atoms with Gasteiger partial charge in [0.05, 0.1) is 6.54 Å². The van der Waals surface area contributed by atoms with E-state index >= 15 is 0 Å². The lowest BCUT2D eigenvalue weighted by molar-refractivity contribution is -0.117. The van der Waals surface area contributed by atoms with E-state index in [9.17, 15) is 4.79 Å². The van der Waals surface area contributed by atoms with Crippen molar-refractivity contribution in [2.45, 2.75) is 19.8 Å². The molecule has 0 spiro atoms. The number of carbonyl (C=O) groups is 1. The number of nitrogens with one attached hydrogen (secondary N) is 2. The van der Waals surface area contributed by atoms with E-state index < -0.39 is 0 Å². The second kappa shape index (κ2) is 9.03. The number of carbonyl (C=O) groups excluding carboxylic acids is 1. The summed E-state index contributed by atoms with van der Waals surface area (Å²) in [6, 6.07) is 7.90. The van der Waals surface area contributed by atoms with Crippen LogP contribution in [0.3, 0.4) is 0 Å². The van der Waals surface area contributed by atoms with Crippen molar-refractivity contribution in [3.8, 4) is 0 Å². The first-order chi connectivity index (χ1) is 9.69. The van der Waals surface area contributed by atoms with Gasteiger partial charge in [-0.25, -0.2) is 0 Å². The van der Waals surface area contributed by atoms with Crippen LogP contribution in [0.25, 0.3) is 0 Å². The molecule has 1 aliphatic heterocycles. The van der Waals surface area contributed by atoms with Crippen LogP contribution in [0.4, 0.5) is 5.69 Å². The third-order valence-electron chi connectivity index (χ3n) is 3.88. The molecule has 5 heteroatoms. The average molecular weight is 312 g/mol. The monoisotopic (exact) mass is 311 g/mol. The number of anilines is 1. The lowest BCUT2D eigenvalue weighted by Crippen LogP contribution is -2.42. The molecule has 1 amide bonds. The van der Waals surface area contributed by atoms with Crippen LogP contribution in [0.15, 0.2) is 24.3 Å². The fourth-order valence-electron chi connectivity index (χ4n) is 2.86. The van der Waals surface area contributed by atoms with Crippen LogP contribution in [0, 0.1) is 12.8 Å². The molecule has 0 saturated carbocycles. The van der Waals surface area contributed by atoms with E-state index in [-0.39, 0.29) is 18.3 Å². The van der Waals surface area contributed by atoms with Crippen LogP contribution in [0.5, 0.6) is 0 Å². The molecule has 1 aromatic rings. The molecule has 1 fully saturated rings. The SMILES string of the molecule is CNCC1CCCN(CC(=O)Nc2ccccc2C)C1.Cl. The third kappa shape index (κ3) is 5.65. The van der Waals surface area contributed by atoms with Crippen molar-refractivity contribution >= 4 is 24.0 Å². The molecule has 2 N–H and O–H groups in total. The summed E-state index contributed by atoms with van der Waals surface area (Å²) in [6.45, 7) is 5.59. The van der Waals surface area contributed by atoms with Crippen molar-refractivity contribution in [1.29, 1.82) is 0 Å². The maximum Gasteiger partial charge on any atom is 0.238 e. The number of hydrogen-bond acceptors (Lipinski definition) is 3. The number of para-hydroxylation sites is 1. The van der Waals surface area contributed by atoms with Crippen LogP contribution in [-0.2, 0) is 4.79 Å². The van der Waals surface area contributed by atoms with Crippen molar-refractivity contribution in [2.75, 3.05) is 38.5 Å². The zero-order valence-electron chi connectivity index (χ0n) is 12.9. The number of hydrogen-bond donors (Lipinski definition) is 2. The van der Waals surface area contributed by atoms with Gasteiger partial charge in [0.25, 0.3) is 0 Å². The second-order valence-electron chi connectivity index (χ2n) is 5.66. The first-order valence-electron chi connectivity index (χ1n) is 7.41. The normalized spacial score (nSPS) is 18.9. The predicted octanol–water partition coefficient (Wildman–Crippen LogP) is 2.29. The topological polar surface area (TPSA) is 44.4 Å². The predicted molar refractivity (Wildman–Crippen MR) is 90.1 cm³/mol. The number of benzene rings is 1. The Labute approximate surface area is 133 Å².